The first kappa shape index (κ1) is 18.1. The van der Waals surface area contributed by atoms with E-state index in [-0.39, 0.29) is 12.5 Å². The minimum absolute atomic E-state index is 0.166. The van der Waals surface area contributed by atoms with Gasteiger partial charge in [-0.25, -0.2) is 0 Å². The highest BCUT2D eigenvalue weighted by molar-refractivity contribution is 6.32. The Morgan fingerprint density at radius 1 is 1.08 bits per heavy atom. The fourth-order valence-corrected chi connectivity index (χ4v) is 3.04. The molecule has 26 heavy (non-hydrogen) atoms. The number of aromatic nitrogens is 3. The van der Waals surface area contributed by atoms with Crippen LogP contribution in [0, 0.1) is 13.8 Å². The van der Waals surface area contributed by atoms with Crippen LogP contribution in [0.5, 0.6) is 0 Å². The number of nitrogens with zero attached hydrogens (tertiary/aromatic N) is 4. The largest absolute Gasteiger partial charge is 0.303 e. The van der Waals surface area contributed by atoms with Gasteiger partial charge in [0.1, 0.15) is 11.2 Å². The van der Waals surface area contributed by atoms with Crippen molar-refractivity contribution >= 4 is 23.2 Å². The lowest BCUT2D eigenvalue weighted by molar-refractivity contribution is -0.118. The lowest BCUT2D eigenvalue weighted by Crippen LogP contribution is -2.36. The normalized spacial score (nSPS) is 12.0. The number of benzene rings is 2. The summed E-state index contributed by atoms with van der Waals surface area (Å²) in [6.07, 6.45) is 0. The van der Waals surface area contributed by atoms with Gasteiger partial charge in [-0.2, -0.15) is 0 Å². The van der Waals surface area contributed by atoms with Gasteiger partial charge in [0.2, 0.25) is 5.91 Å². The molecule has 6 heteroatoms. The van der Waals surface area contributed by atoms with Crippen molar-refractivity contribution in [2.24, 2.45) is 0 Å². The molecule has 0 aliphatic heterocycles. The van der Waals surface area contributed by atoms with E-state index in [0.29, 0.717) is 5.82 Å². The topological polar surface area (TPSA) is 51.0 Å². The minimum atomic E-state index is -0.635. The van der Waals surface area contributed by atoms with Gasteiger partial charge in [-0.15, -0.1) is 21.8 Å². The first-order valence-corrected chi connectivity index (χ1v) is 8.90. The van der Waals surface area contributed by atoms with Crippen LogP contribution in [0.15, 0.2) is 54.6 Å². The van der Waals surface area contributed by atoms with Crippen molar-refractivity contribution in [3.8, 4) is 5.69 Å². The van der Waals surface area contributed by atoms with Crippen LogP contribution in [0.2, 0.25) is 0 Å². The summed E-state index contributed by atoms with van der Waals surface area (Å²) < 4.78 is 1.96. The predicted octanol–water partition coefficient (Wildman–Crippen LogP) is 4.04. The monoisotopic (exact) mass is 368 g/mol. The molecule has 1 atom stereocenters. The van der Waals surface area contributed by atoms with E-state index in [2.05, 4.69) is 10.2 Å². The Morgan fingerprint density at radius 2 is 1.73 bits per heavy atom. The molecule has 0 N–H and O–H groups in total. The summed E-state index contributed by atoms with van der Waals surface area (Å²) in [6.45, 7) is 5.84. The Kier molecular flexibility index (Phi) is 5.38. The van der Waals surface area contributed by atoms with Gasteiger partial charge < -0.3 is 4.90 Å². The fourth-order valence-electron chi connectivity index (χ4n) is 2.93. The van der Waals surface area contributed by atoms with E-state index in [1.807, 2.05) is 73.0 Å². The van der Waals surface area contributed by atoms with E-state index < -0.39 is 5.38 Å². The van der Waals surface area contributed by atoms with Crippen molar-refractivity contribution in [1.29, 1.82) is 0 Å². The number of carbonyl (C=O) groups excluding carboxylic acids is 1. The molecule has 134 valence electrons. The maximum Gasteiger partial charge on any atom is 0.245 e. The zero-order valence-corrected chi connectivity index (χ0v) is 15.8. The number of anilines is 1. The Morgan fingerprint density at radius 3 is 2.38 bits per heavy atom. The van der Waals surface area contributed by atoms with E-state index in [4.69, 9.17) is 11.6 Å². The molecule has 3 rings (SSSR count). The standard InChI is InChI=1S/C20H21ClN4O/c1-14-9-7-8-12-18(14)24(20(26)15(2)21)13-19-23-22-16(3)25(19)17-10-5-4-6-11-17/h4-12,15H,13H2,1-3H3. The Hall–Kier alpha value is -2.66. The van der Waals surface area contributed by atoms with Crippen LogP contribution in [0.4, 0.5) is 5.69 Å². The summed E-state index contributed by atoms with van der Waals surface area (Å²) in [7, 11) is 0. The predicted molar refractivity (Wildman–Crippen MR) is 104 cm³/mol. The number of halogens is 1. The van der Waals surface area contributed by atoms with E-state index in [1.165, 1.54) is 0 Å². The molecule has 0 radical (unpaired) electrons. The number of alkyl halides is 1. The molecule has 0 saturated carbocycles. The number of amides is 1. The van der Waals surface area contributed by atoms with E-state index in [9.17, 15) is 4.79 Å². The van der Waals surface area contributed by atoms with Gasteiger partial charge in [0, 0.05) is 11.4 Å². The summed E-state index contributed by atoms with van der Waals surface area (Å²) in [6, 6.07) is 17.6. The molecule has 1 unspecified atom stereocenters. The van der Waals surface area contributed by atoms with Crippen LogP contribution in [0.25, 0.3) is 5.69 Å². The van der Waals surface area contributed by atoms with Crippen molar-refractivity contribution < 1.29 is 4.79 Å². The summed E-state index contributed by atoms with van der Waals surface area (Å²) in [4.78, 5) is 14.5. The molecule has 0 saturated heterocycles. The number of aryl methyl sites for hydroxylation is 2. The smallest absolute Gasteiger partial charge is 0.245 e. The summed E-state index contributed by atoms with van der Waals surface area (Å²) >= 11 is 6.12. The van der Waals surface area contributed by atoms with Gasteiger partial charge in [-0.1, -0.05) is 36.4 Å². The highest BCUT2D eigenvalue weighted by Gasteiger charge is 2.24. The molecule has 1 heterocycles. The van der Waals surface area contributed by atoms with Gasteiger partial charge >= 0.3 is 0 Å². The number of hydrogen-bond acceptors (Lipinski definition) is 3. The summed E-state index contributed by atoms with van der Waals surface area (Å²) in [5, 5.41) is 7.88. The highest BCUT2D eigenvalue weighted by atomic mass is 35.5. The summed E-state index contributed by atoms with van der Waals surface area (Å²) in [5.41, 5.74) is 2.78. The number of para-hydroxylation sites is 2. The van der Waals surface area contributed by atoms with Gasteiger partial charge in [0.15, 0.2) is 5.82 Å². The highest BCUT2D eigenvalue weighted by Crippen LogP contribution is 2.24. The molecule has 0 spiro atoms. The molecule has 1 amide bonds. The zero-order chi connectivity index (χ0) is 18.7. The van der Waals surface area contributed by atoms with Crippen LogP contribution in [0.3, 0.4) is 0 Å². The van der Waals surface area contributed by atoms with Gasteiger partial charge in [0.25, 0.3) is 0 Å². The van der Waals surface area contributed by atoms with Crippen LogP contribution in [-0.4, -0.2) is 26.0 Å². The Bertz CT molecular complexity index is 905. The van der Waals surface area contributed by atoms with Gasteiger partial charge in [-0.05, 0) is 44.5 Å². The van der Waals surface area contributed by atoms with E-state index in [0.717, 1.165) is 22.8 Å². The van der Waals surface area contributed by atoms with Crippen molar-refractivity contribution in [1.82, 2.24) is 14.8 Å². The van der Waals surface area contributed by atoms with Crippen LogP contribution >= 0.6 is 11.6 Å². The third-order valence-electron chi connectivity index (χ3n) is 4.22. The molecule has 1 aromatic heterocycles. The molecular formula is C20H21ClN4O. The second kappa shape index (κ2) is 7.70. The number of carbonyl (C=O) groups is 1. The van der Waals surface area contributed by atoms with Gasteiger partial charge in [0.05, 0.1) is 6.54 Å². The van der Waals surface area contributed by atoms with Gasteiger partial charge in [-0.3, -0.25) is 9.36 Å². The van der Waals surface area contributed by atoms with Crippen molar-refractivity contribution in [3.05, 3.63) is 71.8 Å². The molecule has 0 aliphatic rings. The lowest BCUT2D eigenvalue weighted by Gasteiger charge is -2.25. The second-order valence-electron chi connectivity index (χ2n) is 6.16. The number of rotatable bonds is 5. The quantitative estimate of drug-likeness (QED) is 0.638. The fraction of sp³-hybridized carbons (Fsp3) is 0.250. The summed E-state index contributed by atoms with van der Waals surface area (Å²) in [5.74, 6) is 1.28. The molecule has 3 aromatic rings. The van der Waals surface area contributed by atoms with E-state index in [1.54, 1.807) is 11.8 Å². The minimum Gasteiger partial charge on any atom is -0.303 e. The molecule has 2 aromatic carbocycles. The van der Waals surface area contributed by atoms with E-state index >= 15 is 0 Å². The third kappa shape index (κ3) is 3.63. The second-order valence-corrected chi connectivity index (χ2v) is 6.82. The van der Waals surface area contributed by atoms with Crippen molar-refractivity contribution in [2.45, 2.75) is 32.7 Å². The van der Waals surface area contributed by atoms with Crippen LogP contribution < -0.4 is 4.90 Å². The maximum absolute atomic E-state index is 12.8. The molecule has 0 aliphatic carbocycles. The third-order valence-corrected chi connectivity index (χ3v) is 4.41. The lowest BCUT2D eigenvalue weighted by atomic mass is 10.1. The number of hydrogen-bond donors (Lipinski definition) is 0. The van der Waals surface area contributed by atoms with Crippen molar-refractivity contribution in [3.63, 3.8) is 0 Å². The SMILES string of the molecule is Cc1ccccc1N(Cc1nnc(C)n1-c1ccccc1)C(=O)C(C)Cl. The average Bonchev–Trinajstić information content (AvgIpc) is 3.01. The Labute approximate surface area is 158 Å². The Balaban J connectivity index is 2.04. The molecule has 0 fully saturated rings. The zero-order valence-electron chi connectivity index (χ0n) is 15.1. The maximum atomic E-state index is 12.8. The first-order chi connectivity index (χ1) is 12.5. The first-order valence-electron chi connectivity index (χ1n) is 8.46. The molecular weight excluding hydrogens is 348 g/mol. The van der Waals surface area contributed by atoms with Crippen LogP contribution in [-0.2, 0) is 11.3 Å². The molecule has 0 bridgehead atoms. The average molecular weight is 369 g/mol. The van der Waals surface area contributed by atoms with Crippen LogP contribution in [0.1, 0.15) is 24.1 Å². The molecule has 5 nitrogen and oxygen atoms in total. The van der Waals surface area contributed by atoms with Crippen molar-refractivity contribution in [2.75, 3.05) is 4.90 Å².